The number of halogens is 2. The van der Waals surface area contributed by atoms with Crippen LogP contribution in [-0.4, -0.2) is 37.1 Å². The molecule has 0 aromatic heterocycles. The summed E-state index contributed by atoms with van der Waals surface area (Å²) in [5.41, 5.74) is 3.18. The molecule has 1 fully saturated rings. The number of carbonyl (C=O) groups excluding carboxylic acids is 1. The number of piperazine rings is 1. The molecule has 132 valence electrons. The summed E-state index contributed by atoms with van der Waals surface area (Å²) in [5.74, 6) is -0.275. The van der Waals surface area contributed by atoms with Crippen LogP contribution in [0.5, 0.6) is 0 Å². The van der Waals surface area contributed by atoms with Gasteiger partial charge in [0.25, 0.3) is 0 Å². The molecule has 0 spiro atoms. The number of anilines is 1. The number of carbonyl (C=O) groups is 1. The summed E-state index contributed by atoms with van der Waals surface area (Å²) in [4.78, 5) is 16.4. The number of hydrogen-bond donors (Lipinski definition) is 1. The molecule has 25 heavy (non-hydrogen) atoms. The van der Waals surface area contributed by atoms with Crippen molar-refractivity contribution >= 4 is 23.3 Å². The molecule has 2 aromatic carbocycles. The van der Waals surface area contributed by atoms with E-state index in [-0.39, 0.29) is 11.8 Å². The molecule has 6 heteroatoms. The van der Waals surface area contributed by atoms with Crippen molar-refractivity contribution in [2.75, 3.05) is 31.1 Å². The van der Waals surface area contributed by atoms with E-state index in [1.807, 2.05) is 18.2 Å². The Bertz CT molecular complexity index is 743. The number of benzene rings is 2. The van der Waals surface area contributed by atoms with Gasteiger partial charge in [0.2, 0.25) is 0 Å². The van der Waals surface area contributed by atoms with E-state index in [0.717, 1.165) is 29.4 Å². The Morgan fingerprint density at radius 2 is 1.80 bits per heavy atom. The van der Waals surface area contributed by atoms with Gasteiger partial charge in [-0.1, -0.05) is 29.8 Å². The van der Waals surface area contributed by atoms with Crippen LogP contribution in [0.3, 0.4) is 0 Å². The SMILES string of the molecule is Cc1ccc(Cl)cc1N1CCN(C(=O)NCc2ccc(F)cc2)CC1. The van der Waals surface area contributed by atoms with E-state index in [1.165, 1.54) is 17.7 Å². The zero-order valence-electron chi connectivity index (χ0n) is 14.1. The quantitative estimate of drug-likeness (QED) is 0.902. The summed E-state index contributed by atoms with van der Waals surface area (Å²) in [6, 6.07) is 11.9. The van der Waals surface area contributed by atoms with Crippen LogP contribution < -0.4 is 10.2 Å². The Kier molecular flexibility index (Phi) is 5.43. The van der Waals surface area contributed by atoms with Crippen molar-refractivity contribution in [3.63, 3.8) is 0 Å². The van der Waals surface area contributed by atoms with Gasteiger partial charge in [-0.25, -0.2) is 9.18 Å². The third-order valence-corrected chi connectivity index (χ3v) is 4.67. The van der Waals surface area contributed by atoms with Crippen LogP contribution in [0.15, 0.2) is 42.5 Å². The number of hydrogen-bond acceptors (Lipinski definition) is 2. The Labute approximate surface area is 152 Å². The highest BCUT2D eigenvalue weighted by molar-refractivity contribution is 6.30. The van der Waals surface area contributed by atoms with Crippen molar-refractivity contribution in [3.05, 3.63) is 64.4 Å². The number of aryl methyl sites for hydroxylation is 1. The second-order valence-electron chi connectivity index (χ2n) is 6.19. The lowest BCUT2D eigenvalue weighted by Crippen LogP contribution is -2.51. The minimum absolute atomic E-state index is 0.0909. The van der Waals surface area contributed by atoms with E-state index in [1.54, 1.807) is 17.0 Å². The van der Waals surface area contributed by atoms with Gasteiger partial charge in [-0.2, -0.15) is 0 Å². The zero-order chi connectivity index (χ0) is 17.8. The highest BCUT2D eigenvalue weighted by Gasteiger charge is 2.22. The van der Waals surface area contributed by atoms with Crippen LogP contribution in [0, 0.1) is 12.7 Å². The van der Waals surface area contributed by atoms with Gasteiger partial charge < -0.3 is 15.1 Å². The normalized spacial score (nSPS) is 14.5. The van der Waals surface area contributed by atoms with Crippen molar-refractivity contribution in [1.82, 2.24) is 10.2 Å². The molecule has 4 nitrogen and oxygen atoms in total. The number of rotatable bonds is 3. The van der Waals surface area contributed by atoms with E-state index in [2.05, 4.69) is 17.1 Å². The molecule has 0 saturated carbocycles. The molecule has 0 atom stereocenters. The van der Waals surface area contributed by atoms with Gasteiger partial charge in [0.05, 0.1) is 0 Å². The van der Waals surface area contributed by atoms with E-state index < -0.39 is 0 Å². The van der Waals surface area contributed by atoms with E-state index >= 15 is 0 Å². The molecule has 1 aliphatic heterocycles. The average Bonchev–Trinajstić information content (AvgIpc) is 2.63. The molecular formula is C19H21ClFN3O. The topological polar surface area (TPSA) is 35.6 Å². The molecule has 1 heterocycles. The lowest BCUT2D eigenvalue weighted by atomic mass is 10.1. The van der Waals surface area contributed by atoms with Crippen molar-refractivity contribution < 1.29 is 9.18 Å². The minimum atomic E-state index is -0.275. The van der Waals surface area contributed by atoms with Gasteiger partial charge in [0.15, 0.2) is 0 Å². The summed E-state index contributed by atoms with van der Waals surface area (Å²) in [7, 11) is 0. The first-order chi connectivity index (χ1) is 12.0. The van der Waals surface area contributed by atoms with Gasteiger partial charge in [0, 0.05) is 43.4 Å². The first-order valence-corrected chi connectivity index (χ1v) is 8.69. The fourth-order valence-corrected chi connectivity index (χ4v) is 3.13. The van der Waals surface area contributed by atoms with Gasteiger partial charge in [-0.15, -0.1) is 0 Å². The second kappa shape index (κ2) is 7.74. The maximum Gasteiger partial charge on any atom is 0.317 e. The lowest BCUT2D eigenvalue weighted by molar-refractivity contribution is 0.194. The van der Waals surface area contributed by atoms with Gasteiger partial charge in [-0.05, 0) is 42.3 Å². The summed E-state index contributed by atoms with van der Waals surface area (Å²) in [5, 5.41) is 3.61. The van der Waals surface area contributed by atoms with Crippen LogP contribution in [0.2, 0.25) is 5.02 Å². The van der Waals surface area contributed by atoms with Crippen molar-refractivity contribution in [2.45, 2.75) is 13.5 Å². The molecule has 0 bridgehead atoms. The first-order valence-electron chi connectivity index (χ1n) is 8.31. The highest BCUT2D eigenvalue weighted by atomic mass is 35.5. The maximum absolute atomic E-state index is 12.9. The molecule has 0 radical (unpaired) electrons. The largest absolute Gasteiger partial charge is 0.368 e. The molecule has 1 aliphatic rings. The Morgan fingerprint density at radius 1 is 1.12 bits per heavy atom. The third kappa shape index (κ3) is 4.42. The molecule has 0 aliphatic carbocycles. The third-order valence-electron chi connectivity index (χ3n) is 4.44. The molecule has 2 amide bonds. The minimum Gasteiger partial charge on any atom is -0.368 e. The smallest absolute Gasteiger partial charge is 0.317 e. The number of amides is 2. The zero-order valence-corrected chi connectivity index (χ0v) is 14.9. The molecule has 3 rings (SSSR count). The number of nitrogens with one attached hydrogen (secondary N) is 1. The van der Waals surface area contributed by atoms with Gasteiger partial charge in [0.1, 0.15) is 5.82 Å². The number of urea groups is 1. The lowest BCUT2D eigenvalue weighted by Gasteiger charge is -2.36. The number of nitrogens with zero attached hydrogens (tertiary/aromatic N) is 2. The Morgan fingerprint density at radius 3 is 2.48 bits per heavy atom. The Hall–Kier alpha value is -2.27. The average molecular weight is 362 g/mol. The molecular weight excluding hydrogens is 341 g/mol. The van der Waals surface area contributed by atoms with Crippen LogP contribution in [0.4, 0.5) is 14.9 Å². The Balaban J connectivity index is 1.52. The van der Waals surface area contributed by atoms with Crippen LogP contribution in [0.1, 0.15) is 11.1 Å². The molecule has 1 saturated heterocycles. The van der Waals surface area contributed by atoms with Crippen LogP contribution >= 0.6 is 11.6 Å². The summed E-state index contributed by atoms with van der Waals surface area (Å²) in [6.07, 6.45) is 0. The maximum atomic E-state index is 12.9. The van der Waals surface area contributed by atoms with Crippen molar-refractivity contribution in [1.29, 1.82) is 0 Å². The molecule has 1 N–H and O–H groups in total. The van der Waals surface area contributed by atoms with Crippen LogP contribution in [-0.2, 0) is 6.54 Å². The predicted octanol–water partition coefficient (Wildman–Crippen LogP) is 3.82. The molecule has 2 aromatic rings. The summed E-state index contributed by atoms with van der Waals surface area (Å²) < 4.78 is 12.9. The van der Waals surface area contributed by atoms with E-state index in [4.69, 9.17) is 11.6 Å². The molecule has 0 unspecified atom stereocenters. The second-order valence-corrected chi connectivity index (χ2v) is 6.63. The van der Waals surface area contributed by atoms with Crippen LogP contribution in [0.25, 0.3) is 0 Å². The monoisotopic (exact) mass is 361 g/mol. The fraction of sp³-hybridized carbons (Fsp3) is 0.316. The first kappa shape index (κ1) is 17.5. The highest BCUT2D eigenvalue weighted by Crippen LogP contribution is 2.25. The van der Waals surface area contributed by atoms with Crippen molar-refractivity contribution in [2.24, 2.45) is 0 Å². The van der Waals surface area contributed by atoms with Gasteiger partial charge >= 0.3 is 6.03 Å². The van der Waals surface area contributed by atoms with E-state index in [0.29, 0.717) is 19.6 Å². The van der Waals surface area contributed by atoms with E-state index in [9.17, 15) is 9.18 Å². The fourth-order valence-electron chi connectivity index (χ4n) is 2.97. The van der Waals surface area contributed by atoms with Gasteiger partial charge in [-0.3, -0.25) is 0 Å². The standard InChI is InChI=1S/C19H21ClFN3O/c1-14-2-5-16(20)12-18(14)23-8-10-24(11-9-23)19(25)22-13-15-3-6-17(21)7-4-15/h2-7,12H,8-11,13H2,1H3,(H,22,25). The predicted molar refractivity (Wildman–Crippen MR) is 98.6 cm³/mol. The summed E-state index contributed by atoms with van der Waals surface area (Å²) in [6.45, 7) is 5.30. The summed E-state index contributed by atoms with van der Waals surface area (Å²) >= 11 is 6.10. The van der Waals surface area contributed by atoms with Crippen molar-refractivity contribution in [3.8, 4) is 0 Å².